The van der Waals surface area contributed by atoms with Crippen LogP contribution in [0.3, 0.4) is 0 Å². The summed E-state index contributed by atoms with van der Waals surface area (Å²) in [5, 5.41) is 0. The zero-order valence-electron chi connectivity index (χ0n) is 15.5. The van der Waals surface area contributed by atoms with Gasteiger partial charge < -0.3 is 15.4 Å². The first kappa shape index (κ1) is 19.1. The average molecular weight is 375 g/mol. The molecular weight excluding hydrogens is 354 g/mol. The first-order valence-corrected chi connectivity index (χ1v) is 8.78. The fourth-order valence-corrected chi connectivity index (χ4v) is 3.04. The maximum absolute atomic E-state index is 13.3. The highest BCUT2D eigenvalue weighted by Gasteiger charge is 2.30. The number of nitrogens with two attached hydrogens (primary N) is 1. The second kappa shape index (κ2) is 8.81. The molecule has 28 heavy (non-hydrogen) atoms. The van der Waals surface area contributed by atoms with Gasteiger partial charge in [-0.05, 0) is 35.4 Å². The first-order valence-electron chi connectivity index (χ1n) is 8.78. The van der Waals surface area contributed by atoms with Gasteiger partial charge in [0, 0.05) is 18.9 Å². The van der Waals surface area contributed by atoms with E-state index in [4.69, 9.17) is 10.5 Å². The molecule has 0 aliphatic carbocycles. The van der Waals surface area contributed by atoms with E-state index in [1.807, 2.05) is 42.5 Å². The van der Waals surface area contributed by atoms with Crippen LogP contribution in [0.2, 0.25) is 0 Å². The van der Waals surface area contributed by atoms with E-state index in [-0.39, 0.29) is 12.5 Å². The van der Waals surface area contributed by atoms with Crippen molar-refractivity contribution in [2.45, 2.75) is 12.6 Å². The molecule has 6 nitrogen and oxygen atoms in total. The molecule has 1 aromatic heterocycles. The second-order valence-corrected chi connectivity index (χ2v) is 6.24. The van der Waals surface area contributed by atoms with Crippen molar-refractivity contribution in [1.29, 1.82) is 0 Å². The molecule has 0 unspecified atom stereocenters. The number of rotatable bonds is 7. The van der Waals surface area contributed by atoms with Gasteiger partial charge in [-0.3, -0.25) is 14.6 Å². The third kappa shape index (κ3) is 4.35. The lowest BCUT2D eigenvalue weighted by atomic mass is 10.0. The Labute approximate surface area is 163 Å². The highest BCUT2D eigenvalue weighted by molar-refractivity contribution is 5.97. The van der Waals surface area contributed by atoms with Gasteiger partial charge in [-0.25, -0.2) is 0 Å². The van der Waals surface area contributed by atoms with Crippen LogP contribution in [0, 0.1) is 0 Å². The van der Waals surface area contributed by atoms with Gasteiger partial charge in [-0.2, -0.15) is 0 Å². The topological polar surface area (TPSA) is 85.5 Å². The molecule has 2 N–H and O–H groups in total. The van der Waals surface area contributed by atoms with Crippen molar-refractivity contribution in [1.82, 2.24) is 9.88 Å². The van der Waals surface area contributed by atoms with Gasteiger partial charge in [0.15, 0.2) is 0 Å². The quantitative estimate of drug-likeness (QED) is 0.688. The van der Waals surface area contributed by atoms with E-state index in [0.717, 1.165) is 5.56 Å². The first-order chi connectivity index (χ1) is 13.6. The van der Waals surface area contributed by atoms with Crippen LogP contribution in [0.5, 0.6) is 5.75 Å². The number of methoxy groups -OCH3 is 1. The van der Waals surface area contributed by atoms with Crippen molar-refractivity contribution in [2.24, 2.45) is 5.73 Å². The minimum atomic E-state index is -0.917. The summed E-state index contributed by atoms with van der Waals surface area (Å²) in [6, 6.07) is 18.8. The molecule has 0 aliphatic heterocycles. The van der Waals surface area contributed by atoms with E-state index in [0.29, 0.717) is 16.9 Å². The predicted molar refractivity (Wildman–Crippen MR) is 105 cm³/mol. The Balaban J connectivity index is 2.04. The molecule has 0 bridgehead atoms. The van der Waals surface area contributed by atoms with Gasteiger partial charge in [0.05, 0.1) is 12.7 Å². The minimum absolute atomic E-state index is 0.188. The van der Waals surface area contributed by atoms with Gasteiger partial charge in [0.2, 0.25) is 5.91 Å². The van der Waals surface area contributed by atoms with Crippen molar-refractivity contribution in [3.8, 4) is 5.75 Å². The van der Waals surface area contributed by atoms with Gasteiger partial charge in [-0.1, -0.05) is 42.5 Å². The maximum atomic E-state index is 13.3. The number of carbonyl (C=O) groups excluding carboxylic acids is 2. The van der Waals surface area contributed by atoms with Crippen LogP contribution < -0.4 is 10.5 Å². The molecule has 0 fully saturated rings. The standard InChI is InChI=1S/C22H21N3O3/c1-28-19-11-5-7-16(13-19)15-25(22(27)18-10-6-12-24-14-18)20(21(23)26)17-8-3-2-4-9-17/h2-14,20H,15H2,1H3,(H2,23,26)/t20-/m1/s1. The predicted octanol–water partition coefficient (Wildman–Crippen LogP) is 2.96. The molecule has 0 saturated heterocycles. The van der Waals surface area contributed by atoms with Crippen LogP contribution in [0.15, 0.2) is 79.1 Å². The lowest BCUT2D eigenvalue weighted by Gasteiger charge is -2.30. The summed E-state index contributed by atoms with van der Waals surface area (Å²) in [5.41, 5.74) is 7.57. The lowest BCUT2D eigenvalue weighted by molar-refractivity contribution is -0.122. The van der Waals surface area contributed by atoms with E-state index in [1.54, 1.807) is 37.6 Å². The summed E-state index contributed by atoms with van der Waals surface area (Å²) in [6.45, 7) is 0.188. The Morgan fingerprint density at radius 3 is 2.50 bits per heavy atom. The molecule has 3 rings (SSSR count). The Hall–Kier alpha value is -3.67. The van der Waals surface area contributed by atoms with Gasteiger partial charge in [0.25, 0.3) is 5.91 Å². The number of benzene rings is 2. The second-order valence-electron chi connectivity index (χ2n) is 6.24. The minimum Gasteiger partial charge on any atom is -0.497 e. The van der Waals surface area contributed by atoms with E-state index in [1.165, 1.54) is 11.1 Å². The molecule has 0 aliphatic rings. The Kier molecular flexibility index (Phi) is 6.01. The lowest BCUT2D eigenvalue weighted by Crippen LogP contribution is -2.41. The van der Waals surface area contributed by atoms with Crippen LogP contribution in [-0.2, 0) is 11.3 Å². The fourth-order valence-electron chi connectivity index (χ4n) is 3.04. The van der Waals surface area contributed by atoms with Gasteiger partial charge in [-0.15, -0.1) is 0 Å². The highest BCUT2D eigenvalue weighted by Crippen LogP contribution is 2.26. The zero-order valence-corrected chi connectivity index (χ0v) is 15.5. The zero-order chi connectivity index (χ0) is 19.9. The van der Waals surface area contributed by atoms with Gasteiger partial charge in [0.1, 0.15) is 11.8 Å². The molecule has 1 heterocycles. The van der Waals surface area contributed by atoms with E-state index in [9.17, 15) is 9.59 Å². The van der Waals surface area contributed by atoms with Crippen molar-refractivity contribution in [3.05, 3.63) is 95.8 Å². The van der Waals surface area contributed by atoms with Crippen LogP contribution in [0.4, 0.5) is 0 Å². The number of amides is 2. The Bertz CT molecular complexity index is 946. The third-order valence-electron chi connectivity index (χ3n) is 4.35. The largest absolute Gasteiger partial charge is 0.497 e. The number of ether oxygens (including phenoxy) is 1. The molecule has 0 saturated carbocycles. The third-order valence-corrected chi connectivity index (χ3v) is 4.35. The molecule has 2 aromatic carbocycles. The van der Waals surface area contributed by atoms with Crippen LogP contribution in [0.25, 0.3) is 0 Å². The monoisotopic (exact) mass is 375 g/mol. The van der Waals surface area contributed by atoms with Crippen LogP contribution >= 0.6 is 0 Å². The van der Waals surface area contributed by atoms with E-state index >= 15 is 0 Å². The number of primary amides is 1. The molecular formula is C22H21N3O3. The summed E-state index contributed by atoms with van der Waals surface area (Å²) in [6.07, 6.45) is 3.07. The Morgan fingerprint density at radius 1 is 1.07 bits per heavy atom. The molecule has 2 amide bonds. The average Bonchev–Trinajstić information content (AvgIpc) is 2.74. The smallest absolute Gasteiger partial charge is 0.256 e. The maximum Gasteiger partial charge on any atom is 0.256 e. The van der Waals surface area contributed by atoms with Crippen molar-refractivity contribution < 1.29 is 14.3 Å². The van der Waals surface area contributed by atoms with E-state index in [2.05, 4.69) is 4.98 Å². The number of hydrogen-bond donors (Lipinski definition) is 1. The van der Waals surface area contributed by atoms with Crippen molar-refractivity contribution in [2.75, 3.05) is 7.11 Å². The van der Waals surface area contributed by atoms with Crippen LogP contribution in [0.1, 0.15) is 27.5 Å². The summed E-state index contributed by atoms with van der Waals surface area (Å²) >= 11 is 0. The summed E-state index contributed by atoms with van der Waals surface area (Å²) < 4.78 is 5.27. The van der Waals surface area contributed by atoms with Gasteiger partial charge >= 0.3 is 0 Å². The molecule has 0 spiro atoms. The number of pyridine rings is 1. The highest BCUT2D eigenvalue weighted by atomic mass is 16.5. The molecule has 142 valence electrons. The fraction of sp³-hybridized carbons (Fsp3) is 0.136. The number of hydrogen-bond acceptors (Lipinski definition) is 4. The number of nitrogens with zero attached hydrogens (tertiary/aromatic N) is 2. The summed E-state index contributed by atoms with van der Waals surface area (Å²) in [5.74, 6) is -0.267. The SMILES string of the molecule is COc1cccc(CN(C(=O)c2cccnc2)[C@@H](C(N)=O)c2ccccc2)c1. The van der Waals surface area contributed by atoms with Crippen molar-refractivity contribution >= 4 is 11.8 Å². The normalized spacial score (nSPS) is 11.5. The number of aromatic nitrogens is 1. The molecule has 0 radical (unpaired) electrons. The molecule has 3 aromatic rings. The molecule has 6 heteroatoms. The van der Waals surface area contributed by atoms with E-state index < -0.39 is 11.9 Å². The summed E-state index contributed by atoms with van der Waals surface area (Å²) in [4.78, 5) is 31.1. The van der Waals surface area contributed by atoms with Crippen molar-refractivity contribution in [3.63, 3.8) is 0 Å². The van der Waals surface area contributed by atoms with Crippen LogP contribution in [-0.4, -0.2) is 28.8 Å². The number of carbonyl (C=O) groups is 2. The summed E-state index contributed by atoms with van der Waals surface area (Å²) in [7, 11) is 1.58. The molecule has 1 atom stereocenters. The Morgan fingerprint density at radius 2 is 1.86 bits per heavy atom.